The molecule has 0 spiro atoms. The number of methoxy groups -OCH3 is 3. The third-order valence-electron chi connectivity index (χ3n) is 4.74. The number of nitrogens with one attached hydrogen (secondary N) is 3. The molecule has 0 aliphatic carbocycles. The molecule has 1 aromatic carbocycles. The Morgan fingerprint density at radius 2 is 1.64 bits per heavy atom. The van der Waals surface area contributed by atoms with Crippen LogP contribution in [-0.4, -0.2) is 66.5 Å². The highest BCUT2D eigenvalue weighted by atomic mass is 16.5. The Labute approximate surface area is 149 Å². The number of carbonyl (C=O) groups is 1. The summed E-state index contributed by atoms with van der Waals surface area (Å²) in [5, 5.41) is 2.87. The zero-order valence-electron chi connectivity index (χ0n) is 15.7. The summed E-state index contributed by atoms with van der Waals surface area (Å²) in [4.78, 5) is 14.0. The molecule has 0 aromatic heterocycles. The Bertz CT molecular complexity index is 572. The van der Waals surface area contributed by atoms with Gasteiger partial charge in [-0.3, -0.25) is 4.79 Å². The Hall–Kier alpha value is -1.99. The smallest absolute Gasteiger partial charge is 0.217 e. The Kier molecular flexibility index (Phi) is 7.33. The van der Waals surface area contributed by atoms with Gasteiger partial charge in [0.1, 0.15) is 32.7 Å². The molecule has 7 nitrogen and oxygen atoms in total. The van der Waals surface area contributed by atoms with Crippen molar-refractivity contribution in [2.75, 3.05) is 60.6 Å². The lowest BCUT2D eigenvalue weighted by Gasteiger charge is -2.30. The molecule has 1 amide bonds. The molecule has 1 fully saturated rings. The van der Waals surface area contributed by atoms with E-state index in [0.29, 0.717) is 11.5 Å². The number of quaternary nitrogens is 2. The van der Waals surface area contributed by atoms with E-state index in [0.717, 1.165) is 57.1 Å². The first-order valence-corrected chi connectivity index (χ1v) is 8.78. The van der Waals surface area contributed by atoms with Gasteiger partial charge in [-0.05, 0) is 12.1 Å². The normalized spacial score (nSPS) is 20.0. The topological polar surface area (TPSA) is 65.7 Å². The van der Waals surface area contributed by atoms with Crippen molar-refractivity contribution in [2.45, 2.75) is 13.5 Å². The van der Waals surface area contributed by atoms with E-state index >= 15 is 0 Å². The monoisotopic (exact) mass is 353 g/mol. The highest BCUT2D eigenvalue weighted by molar-refractivity contribution is 5.72. The van der Waals surface area contributed by atoms with E-state index < -0.39 is 0 Å². The van der Waals surface area contributed by atoms with Gasteiger partial charge >= 0.3 is 0 Å². The van der Waals surface area contributed by atoms with Gasteiger partial charge in [0, 0.05) is 6.92 Å². The van der Waals surface area contributed by atoms with Crippen LogP contribution in [-0.2, 0) is 11.3 Å². The summed E-state index contributed by atoms with van der Waals surface area (Å²) in [5.74, 6) is 2.14. The number of carbonyl (C=O) groups excluding carboxylic acids is 1. The molecule has 3 N–H and O–H groups in total. The summed E-state index contributed by atoms with van der Waals surface area (Å²) >= 11 is 0. The van der Waals surface area contributed by atoms with Crippen molar-refractivity contribution < 1.29 is 28.8 Å². The van der Waals surface area contributed by atoms with Gasteiger partial charge in [-0.1, -0.05) is 0 Å². The lowest BCUT2D eigenvalue weighted by atomic mass is 10.1. The second-order valence-corrected chi connectivity index (χ2v) is 6.40. The summed E-state index contributed by atoms with van der Waals surface area (Å²) in [6.45, 7) is 8.65. The number of rotatable bonds is 8. The first-order valence-electron chi connectivity index (χ1n) is 8.78. The van der Waals surface area contributed by atoms with Crippen molar-refractivity contribution in [1.82, 2.24) is 5.32 Å². The Morgan fingerprint density at radius 1 is 1.00 bits per heavy atom. The van der Waals surface area contributed by atoms with Gasteiger partial charge in [-0.2, -0.15) is 0 Å². The van der Waals surface area contributed by atoms with Gasteiger partial charge < -0.3 is 29.3 Å². The van der Waals surface area contributed by atoms with Gasteiger partial charge in [0.2, 0.25) is 11.7 Å². The highest BCUT2D eigenvalue weighted by Crippen LogP contribution is 2.39. The molecule has 0 bridgehead atoms. The molecule has 1 aromatic rings. The highest BCUT2D eigenvalue weighted by Gasteiger charge is 2.25. The summed E-state index contributed by atoms with van der Waals surface area (Å²) in [5.41, 5.74) is 1.14. The minimum absolute atomic E-state index is 0.0456. The molecule has 7 heteroatoms. The minimum Gasteiger partial charge on any atom is -0.493 e. The SMILES string of the molecule is COc1ccc(C[NH+]2CC[NH+](CCNC(C)=O)CC2)c(OC)c1OC. The number of ether oxygens (including phenoxy) is 3. The maximum Gasteiger partial charge on any atom is 0.217 e. The lowest BCUT2D eigenvalue weighted by Crippen LogP contribution is -3.27. The fourth-order valence-corrected chi connectivity index (χ4v) is 3.37. The maximum atomic E-state index is 10.9. The zero-order chi connectivity index (χ0) is 18.2. The maximum absolute atomic E-state index is 10.9. The van der Waals surface area contributed by atoms with Gasteiger partial charge in [-0.15, -0.1) is 0 Å². The van der Waals surface area contributed by atoms with E-state index in [1.54, 1.807) is 33.2 Å². The van der Waals surface area contributed by atoms with E-state index in [1.807, 2.05) is 6.07 Å². The first-order chi connectivity index (χ1) is 12.1. The van der Waals surface area contributed by atoms with E-state index in [2.05, 4.69) is 11.4 Å². The van der Waals surface area contributed by atoms with Crippen LogP contribution in [0.2, 0.25) is 0 Å². The molecule has 140 valence electrons. The van der Waals surface area contributed by atoms with E-state index in [9.17, 15) is 4.79 Å². The summed E-state index contributed by atoms with van der Waals surface area (Å²) in [7, 11) is 4.93. The molecular formula is C18H31N3O4+2. The predicted molar refractivity (Wildman–Crippen MR) is 94.7 cm³/mol. The molecule has 1 heterocycles. The number of piperazine rings is 1. The molecule has 25 heavy (non-hydrogen) atoms. The second kappa shape index (κ2) is 9.48. The molecule has 1 saturated heterocycles. The predicted octanol–water partition coefficient (Wildman–Crippen LogP) is -1.87. The first kappa shape index (κ1) is 19.3. The molecule has 1 aliphatic heterocycles. The molecular weight excluding hydrogens is 322 g/mol. The third-order valence-corrected chi connectivity index (χ3v) is 4.74. The van der Waals surface area contributed by atoms with E-state index in [1.165, 1.54) is 4.90 Å². The lowest BCUT2D eigenvalue weighted by molar-refractivity contribution is -1.02. The van der Waals surface area contributed by atoms with Crippen molar-refractivity contribution in [1.29, 1.82) is 0 Å². The van der Waals surface area contributed by atoms with Crippen LogP contribution in [0, 0.1) is 0 Å². The van der Waals surface area contributed by atoms with Crippen LogP contribution in [0.5, 0.6) is 17.2 Å². The molecule has 1 aliphatic rings. The Balaban J connectivity index is 1.92. The fraction of sp³-hybridized carbons (Fsp3) is 0.611. The van der Waals surface area contributed by atoms with Crippen molar-refractivity contribution in [2.24, 2.45) is 0 Å². The number of hydrogen-bond acceptors (Lipinski definition) is 4. The van der Waals surface area contributed by atoms with Crippen molar-refractivity contribution in [3.05, 3.63) is 17.7 Å². The van der Waals surface area contributed by atoms with Gasteiger partial charge in [-0.25, -0.2) is 0 Å². The van der Waals surface area contributed by atoms with E-state index in [-0.39, 0.29) is 5.91 Å². The van der Waals surface area contributed by atoms with Crippen LogP contribution < -0.4 is 29.3 Å². The average molecular weight is 353 g/mol. The summed E-state index contributed by atoms with van der Waals surface area (Å²) in [6.07, 6.45) is 0. The van der Waals surface area contributed by atoms with Crippen LogP contribution in [0.15, 0.2) is 12.1 Å². The van der Waals surface area contributed by atoms with Crippen LogP contribution in [0.3, 0.4) is 0 Å². The Morgan fingerprint density at radius 3 is 2.20 bits per heavy atom. The largest absolute Gasteiger partial charge is 0.493 e. The van der Waals surface area contributed by atoms with Gasteiger partial charge in [0.05, 0.1) is 40.0 Å². The van der Waals surface area contributed by atoms with Crippen molar-refractivity contribution in [3.63, 3.8) is 0 Å². The van der Waals surface area contributed by atoms with E-state index in [4.69, 9.17) is 14.2 Å². The number of hydrogen-bond donors (Lipinski definition) is 3. The summed E-state index contributed by atoms with van der Waals surface area (Å²) in [6, 6.07) is 3.99. The van der Waals surface area contributed by atoms with Crippen molar-refractivity contribution in [3.8, 4) is 17.2 Å². The quantitative estimate of drug-likeness (QED) is 0.513. The molecule has 0 atom stereocenters. The van der Waals surface area contributed by atoms with Crippen LogP contribution >= 0.6 is 0 Å². The fourth-order valence-electron chi connectivity index (χ4n) is 3.37. The molecule has 0 unspecified atom stereocenters. The molecule has 2 rings (SSSR count). The minimum atomic E-state index is 0.0456. The third kappa shape index (κ3) is 5.24. The number of amides is 1. The van der Waals surface area contributed by atoms with Crippen LogP contribution in [0.4, 0.5) is 0 Å². The zero-order valence-corrected chi connectivity index (χ0v) is 15.7. The van der Waals surface area contributed by atoms with Gasteiger partial charge in [0.25, 0.3) is 0 Å². The average Bonchev–Trinajstić information content (AvgIpc) is 2.62. The molecule has 0 radical (unpaired) electrons. The number of benzene rings is 1. The second-order valence-electron chi connectivity index (χ2n) is 6.40. The van der Waals surface area contributed by atoms with Crippen LogP contribution in [0.1, 0.15) is 12.5 Å². The summed E-state index contributed by atoms with van der Waals surface area (Å²) < 4.78 is 16.4. The van der Waals surface area contributed by atoms with Gasteiger partial charge in [0.15, 0.2) is 11.5 Å². The standard InChI is InChI=1S/C18H29N3O4/c1-14(22)19-7-8-20-9-11-21(12-10-20)13-15-5-6-16(23-2)18(25-4)17(15)24-3/h5-6H,7-13H2,1-4H3,(H,19,22)/p+2. The van der Waals surface area contributed by atoms with Crippen molar-refractivity contribution >= 4 is 5.91 Å². The van der Waals surface area contributed by atoms with Crippen LogP contribution in [0.25, 0.3) is 0 Å². The molecule has 0 saturated carbocycles.